The smallest absolute Gasteiger partial charge is 0.186 e. The van der Waals surface area contributed by atoms with Gasteiger partial charge >= 0.3 is 0 Å². The first-order valence-corrected chi connectivity index (χ1v) is 6.62. The number of aryl methyl sites for hydroxylation is 1. The lowest BCUT2D eigenvalue weighted by Crippen LogP contribution is -1.99. The molecule has 0 amide bonds. The van der Waals surface area contributed by atoms with E-state index in [2.05, 4.69) is 10.1 Å². The van der Waals surface area contributed by atoms with Crippen LogP contribution in [0.3, 0.4) is 0 Å². The number of hydrogen-bond acceptors (Lipinski definition) is 2. The Balaban J connectivity index is 1.94. The molecule has 4 heteroatoms. The Labute approximate surface area is 115 Å². The number of fused-ring (bicyclic) bond motifs is 3. The normalized spacial score (nSPS) is 13.1. The Morgan fingerprint density at radius 2 is 1.95 bits per heavy atom. The molecular formula is C15H11ClN2O. The number of H-pyrrole nitrogens is 1. The lowest BCUT2D eigenvalue weighted by Gasteiger charge is -2.08. The standard InChI is InChI=1S/C15H11ClN2O/c16-12-11-7-6-10-8-17-19-15(10)14(11)18-13(12)9-4-2-1-3-5-9/h1-5,8,18H,6-7H2. The van der Waals surface area contributed by atoms with E-state index < -0.39 is 0 Å². The van der Waals surface area contributed by atoms with Crippen LogP contribution in [0.15, 0.2) is 41.1 Å². The molecule has 0 saturated carbocycles. The average Bonchev–Trinajstić information content (AvgIpc) is 3.04. The molecule has 0 fully saturated rings. The van der Waals surface area contributed by atoms with Crippen molar-refractivity contribution in [2.45, 2.75) is 12.8 Å². The molecule has 0 spiro atoms. The van der Waals surface area contributed by atoms with Gasteiger partial charge in [0, 0.05) is 11.1 Å². The summed E-state index contributed by atoms with van der Waals surface area (Å²) < 4.78 is 5.35. The van der Waals surface area contributed by atoms with Crippen LogP contribution in [0.25, 0.3) is 22.7 Å². The monoisotopic (exact) mass is 270 g/mol. The molecule has 0 unspecified atom stereocenters. The zero-order valence-electron chi connectivity index (χ0n) is 10.1. The van der Waals surface area contributed by atoms with Crippen molar-refractivity contribution in [3.63, 3.8) is 0 Å². The van der Waals surface area contributed by atoms with E-state index in [1.807, 2.05) is 30.3 Å². The van der Waals surface area contributed by atoms with Crippen LogP contribution in [0.4, 0.5) is 0 Å². The third kappa shape index (κ3) is 1.55. The second-order valence-corrected chi connectivity index (χ2v) is 5.09. The molecule has 1 N–H and O–H groups in total. The zero-order chi connectivity index (χ0) is 12.8. The molecule has 1 aromatic carbocycles. The summed E-state index contributed by atoms with van der Waals surface area (Å²) in [6, 6.07) is 10.1. The molecule has 2 aromatic heterocycles. The molecule has 0 aliphatic heterocycles. The molecule has 0 saturated heterocycles. The minimum atomic E-state index is 0.795. The number of aromatic amines is 1. The van der Waals surface area contributed by atoms with Gasteiger partial charge in [-0.25, -0.2) is 0 Å². The van der Waals surface area contributed by atoms with Crippen molar-refractivity contribution in [3.05, 3.63) is 52.7 Å². The number of aromatic nitrogens is 2. The Bertz CT molecular complexity index is 743. The highest BCUT2D eigenvalue weighted by Gasteiger charge is 2.26. The van der Waals surface area contributed by atoms with Gasteiger partial charge in [0.1, 0.15) is 0 Å². The van der Waals surface area contributed by atoms with Gasteiger partial charge < -0.3 is 9.51 Å². The largest absolute Gasteiger partial charge is 0.354 e. The van der Waals surface area contributed by atoms with Gasteiger partial charge in [-0.05, 0) is 18.4 Å². The van der Waals surface area contributed by atoms with E-state index in [1.165, 1.54) is 0 Å². The van der Waals surface area contributed by atoms with Crippen molar-refractivity contribution in [1.29, 1.82) is 0 Å². The minimum Gasteiger partial charge on any atom is -0.354 e. The van der Waals surface area contributed by atoms with E-state index >= 15 is 0 Å². The number of hydrogen-bond donors (Lipinski definition) is 1. The first kappa shape index (κ1) is 10.9. The van der Waals surface area contributed by atoms with Crippen molar-refractivity contribution in [1.82, 2.24) is 10.1 Å². The number of nitrogens with one attached hydrogen (secondary N) is 1. The Hall–Kier alpha value is -2.00. The fraction of sp³-hybridized carbons (Fsp3) is 0.133. The molecular weight excluding hydrogens is 260 g/mol. The molecule has 0 radical (unpaired) electrons. The van der Waals surface area contributed by atoms with Gasteiger partial charge in [-0.15, -0.1) is 0 Å². The number of benzene rings is 1. The first-order valence-electron chi connectivity index (χ1n) is 6.24. The fourth-order valence-electron chi connectivity index (χ4n) is 2.65. The highest BCUT2D eigenvalue weighted by Crippen LogP contribution is 2.41. The summed E-state index contributed by atoms with van der Waals surface area (Å²) in [5.41, 5.74) is 5.29. The zero-order valence-corrected chi connectivity index (χ0v) is 10.9. The van der Waals surface area contributed by atoms with Gasteiger partial charge in [-0.2, -0.15) is 0 Å². The Kier molecular flexibility index (Phi) is 2.29. The summed E-state index contributed by atoms with van der Waals surface area (Å²) in [6.07, 6.45) is 3.64. The van der Waals surface area contributed by atoms with Gasteiger partial charge in [0.15, 0.2) is 5.76 Å². The quantitative estimate of drug-likeness (QED) is 0.724. The molecule has 0 atom stereocenters. The van der Waals surface area contributed by atoms with Crippen molar-refractivity contribution in [2.24, 2.45) is 0 Å². The maximum Gasteiger partial charge on any atom is 0.186 e. The first-order chi connectivity index (χ1) is 9.34. The van der Waals surface area contributed by atoms with Crippen LogP contribution in [0.5, 0.6) is 0 Å². The minimum absolute atomic E-state index is 0.795. The summed E-state index contributed by atoms with van der Waals surface area (Å²) in [7, 11) is 0. The molecule has 94 valence electrons. The second kappa shape index (κ2) is 4.00. The summed E-state index contributed by atoms with van der Waals surface area (Å²) in [6.45, 7) is 0. The maximum atomic E-state index is 6.52. The number of nitrogens with zero attached hydrogens (tertiary/aromatic N) is 1. The van der Waals surface area contributed by atoms with Crippen LogP contribution in [0, 0.1) is 0 Å². The van der Waals surface area contributed by atoms with E-state index in [1.54, 1.807) is 6.20 Å². The molecule has 3 aromatic rings. The van der Waals surface area contributed by atoms with E-state index in [9.17, 15) is 0 Å². The molecule has 1 aliphatic rings. The summed E-state index contributed by atoms with van der Waals surface area (Å²) in [5, 5.41) is 4.67. The lowest BCUT2D eigenvalue weighted by atomic mass is 9.96. The predicted octanol–water partition coefficient (Wildman–Crippen LogP) is 4.09. The van der Waals surface area contributed by atoms with Crippen molar-refractivity contribution < 1.29 is 4.52 Å². The van der Waals surface area contributed by atoms with Crippen molar-refractivity contribution in [2.75, 3.05) is 0 Å². The maximum absolute atomic E-state index is 6.52. The molecule has 4 rings (SSSR count). The van der Waals surface area contributed by atoms with Crippen molar-refractivity contribution in [3.8, 4) is 22.7 Å². The van der Waals surface area contributed by atoms with Crippen LogP contribution in [-0.2, 0) is 12.8 Å². The van der Waals surface area contributed by atoms with Crippen molar-refractivity contribution >= 4 is 11.6 Å². The van der Waals surface area contributed by atoms with E-state index in [0.717, 1.165) is 51.7 Å². The lowest BCUT2D eigenvalue weighted by molar-refractivity contribution is 0.429. The van der Waals surface area contributed by atoms with E-state index in [-0.39, 0.29) is 0 Å². The topological polar surface area (TPSA) is 41.8 Å². The third-order valence-electron chi connectivity index (χ3n) is 3.61. The third-order valence-corrected chi connectivity index (χ3v) is 4.03. The van der Waals surface area contributed by atoms with Gasteiger partial charge in [-0.3, -0.25) is 0 Å². The highest BCUT2D eigenvalue weighted by atomic mass is 35.5. The van der Waals surface area contributed by atoms with E-state index in [0.29, 0.717) is 0 Å². The molecule has 0 bridgehead atoms. The van der Waals surface area contributed by atoms with Crippen LogP contribution >= 0.6 is 11.6 Å². The molecule has 19 heavy (non-hydrogen) atoms. The van der Waals surface area contributed by atoms with Gasteiger partial charge in [-0.1, -0.05) is 47.1 Å². The van der Waals surface area contributed by atoms with Gasteiger partial charge in [0.25, 0.3) is 0 Å². The van der Waals surface area contributed by atoms with Crippen LogP contribution < -0.4 is 0 Å². The predicted molar refractivity (Wildman–Crippen MR) is 74.1 cm³/mol. The van der Waals surface area contributed by atoms with Crippen LogP contribution in [0.2, 0.25) is 5.02 Å². The SMILES string of the molecule is Clc1c(-c2ccccc2)[nH]c2c1CCc1cnoc1-2. The second-order valence-electron chi connectivity index (χ2n) is 4.71. The summed E-state index contributed by atoms with van der Waals surface area (Å²) >= 11 is 6.52. The molecule has 1 aliphatic carbocycles. The van der Waals surface area contributed by atoms with Crippen LogP contribution in [-0.4, -0.2) is 10.1 Å². The van der Waals surface area contributed by atoms with E-state index in [4.69, 9.17) is 16.1 Å². The Morgan fingerprint density at radius 3 is 2.79 bits per heavy atom. The van der Waals surface area contributed by atoms with Gasteiger partial charge in [0.05, 0.1) is 22.6 Å². The van der Waals surface area contributed by atoms with Crippen LogP contribution in [0.1, 0.15) is 11.1 Å². The molecule has 3 nitrogen and oxygen atoms in total. The molecule has 2 heterocycles. The Morgan fingerprint density at radius 1 is 1.11 bits per heavy atom. The fourth-order valence-corrected chi connectivity index (χ4v) is 3.00. The average molecular weight is 271 g/mol. The highest BCUT2D eigenvalue weighted by molar-refractivity contribution is 6.34. The van der Waals surface area contributed by atoms with Gasteiger partial charge in [0.2, 0.25) is 0 Å². The summed E-state index contributed by atoms with van der Waals surface area (Å²) in [4.78, 5) is 3.39. The summed E-state index contributed by atoms with van der Waals surface area (Å²) in [5.74, 6) is 0.824. The number of rotatable bonds is 1. The number of halogens is 1.